The van der Waals surface area contributed by atoms with Crippen LogP contribution < -0.4 is 4.57 Å². The second-order valence-electron chi connectivity index (χ2n) is 7.45. The molecule has 22 heavy (non-hydrogen) atoms. The van der Waals surface area contributed by atoms with Crippen molar-refractivity contribution in [3.8, 4) is 11.3 Å². The molecule has 0 N–H and O–H groups in total. The van der Waals surface area contributed by atoms with Crippen molar-refractivity contribution in [1.82, 2.24) is 0 Å². The second-order valence-corrected chi connectivity index (χ2v) is 7.45. The van der Waals surface area contributed by atoms with Gasteiger partial charge in [-0.3, -0.25) is 0 Å². The minimum Gasteiger partial charge on any atom is -0.192 e. The third-order valence-electron chi connectivity index (χ3n) is 6.18. The maximum absolute atomic E-state index is 2.53. The average molecular weight is 286 g/mol. The van der Waals surface area contributed by atoms with Crippen LogP contribution in [0.15, 0.2) is 54.7 Å². The van der Waals surface area contributed by atoms with E-state index >= 15 is 0 Å². The summed E-state index contributed by atoms with van der Waals surface area (Å²) in [6.07, 6.45) is 3.53. The summed E-state index contributed by atoms with van der Waals surface area (Å²) in [6.45, 7) is 6.99. The molecule has 1 saturated carbocycles. The first-order chi connectivity index (χ1) is 10.5. The first kappa shape index (κ1) is 12.4. The highest BCUT2D eigenvalue weighted by Crippen LogP contribution is 2.63. The largest absolute Gasteiger partial charge is 0.221 e. The molecule has 0 saturated heterocycles. The Labute approximate surface area is 131 Å². The normalized spacial score (nSPS) is 28.0. The van der Waals surface area contributed by atoms with Crippen molar-refractivity contribution in [2.45, 2.75) is 38.1 Å². The van der Waals surface area contributed by atoms with Crippen LogP contribution in [0.25, 0.3) is 22.0 Å². The Morgan fingerprint density at radius 1 is 1.00 bits per heavy atom. The van der Waals surface area contributed by atoms with Crippen molar-refractivity contribution >= 4 is 10.8 Å². The molecule has 1 aliphatic heterocycles. The van der Waals surface area contributed by atoms with Crippen molar-refractivity contribution in [1.29, 1.82) is 0 Å². The summed E-state index contributed by atoms with van der Waals surface area (Å²) in [5.41, 5.74) is 6.14. The second kappa shape index (κ2) is 3.60. The van der Waals surface area contributed by atoms with Crippen LogP contribution in [0.5, 0.6) is 0 Å². The Balaban J connectivity index is 1.97. The average Bonchev–Trinajstić information content (AvgIpc) is 3.11. The van der Waals surface area contributed by atoms with Crippen LogP contribution in [0.4, 0.5) is 0 Å². The summed E-state index contributed by atoms with van der Waals surface area (Å²) in [5.74, 6) is 0. The number of aromatic nitrogens is 1. The number of aryl methyl sites for hydroxylation is 1. The van der Waals surface area contributed by atoms with Gasteiger partial charge in [-0.15, -0.1) is 0 Å². The predicted octanol–water partition coefficient (Wildman–Crippen LogP) is 4.49. The van der Waals surface area contributed by atoms with Gasteiger partial charge in [0.15, 0.2) is 11.7 Å². The number of hydrogen-bond acceptors (Lipinski definition) is 0. The van der Waals surface area contributed by atoms with Crippen LogP contribution in [0, 0.1) is 6.92 Å². The molecule has 1 aliphatic carbocycles. The Bertz CT molecular complexity index is 955. The van der Waals surface area contributed by atoms with E-state index in [4.69, 9.17) is 0 Å². The van der Waals surface area contributed by atoms with Gasteiger partial charge >= 0.3 is 0 Å². The van der Waals surface area contributed by atoms with E-state index in [2.05, 4.69) is 80.1 Å². The van der Waals surface area contributed by atoms with E-state index < -0.39 is 0 Å². The van der Waals surface area contributed by atoms with Gasteiger partial charge in [-0.1, -0.05) is 35.9 Å². The maximum Gasteiger partial charge on any atom is 0.221 e. The zero-order chi connectivity index (χ0) is 15.1. The van der Waals surface area contributed by atoms with Crippen LogP contribution in [0.1, 0.15) is 31.4 Å². The number of pyridine rings is 1. The molecule has 2 unspecified atom stereocenters. The Kier molecular flexibility index (Phi) is 2.03. The number of benzene rings is 2. The van der Waals surface area contributed by atoms with E-state index in [0.717, 1.165) is 0 Å². The zero-order valence-corrected chi connectivity index (χ0v) is 13.4. The van der Waals surface area contributed by atoms with Crippen molar-refractivity contribution in [2.24, 2.45) is 0 Å². The van der Waals surface area contributed by atoms with Gasteiger partial charge in [-0.25, -0.2) is 0 Å². The number of rotatable bonds is 0. The molecule has 2 aromatic carbocycles. The SMILES string of the molecule is Cc1ccc2c3[n+](ccc2c1)C1(C)CC1(C)c1ccccc1-3. The molecular formula is C21H20N+. The summed E-state index contributed by atoms with van der Waals surface area (Å²) in [5, 5.41) is 2.71. The van der Waals surface area contributed by atoms with E-state index in [9.17, 15) is 0 Å². The third-order valence-corrected chi connectivity index (χ3v) is 6.18. The highest BCUT2D eigenvalue weighted by Gasteiger charge is 2.73. The molecule has 1 fully saturated rings. The molecule has 0 radical (unpaired) electrons. The lowest BCUT2D eigenvalue weighted by Gasteiger charge is -2.26. The van der Waals surface area contributed by atoms with Crippen LogP contribution in [-0.2, 0) is 11.0 Å². The minimum absolute atomic E-state index is 0.218. The van der Waals surface area contributed by atoms with Gasteiger partial charge in [-0.2, -0.15) is 4.57 Å². The number of fused-ring (bicyclic) bond motifs is 8. The van der Waals surface area contributed by atoms with E-state index in [1.807, 2.05) is 0 Å². The van der Waals surface area contributed by atoms with Crippen molar-refractivity contribution in [3.05, 3.63) is 65.9 Å². The predicted molar refractivity (Wildman–Crippen MR) is 89.9 cm³/mol. The molecule has 5 rings (SSSR count). The third kappa shape index (κ3) is 1.24. The first-order valence-corrected chi connectivity index (χ1v) is 8.10. The highest BCUT2D eigenvalue weighted by atomic mass is 15.1. The molecule has 2 aliphatic rings. The number of nitrogens with zero attached hydrogens (tertiary/aromatic N) is 1. The summed E-state index contributed by atoms with van der Waals surface area (Å²) in [4.78, 5) is 0. The Morgan fingerprint density at radius 2 is 1.82 bits per heavy atom. The summed E-state index contributed by atoms with van der Waals surface area (Å²) in [6, 6.07) is 18.1. The Morgan fingerprint density at radius 3 is 2.68 bits per heavy atom. The molecule has 1 aromatic heterocycles. The molecule has 0 bridgehead atoms. The lowest BCUT2D eigenvalue weighted by molar-refractivity contribution is -0.730. The quantitative estimate of drug-likeness (QED) is 0.536. The number of hydrogen-bond donors (Lipinski definition) is 0. The van der Waals surface area contributed by atoms with E-state index in [1.54, 1.807) is 0 Å². The minimum atomic E-state index is 0.218. The van der Waals surface area contributed by atoms with Gasteiger partial charge in [0.2, 0.25) is 5.69 Å². The summed E-state index contributed by atoms with van der Waals surface area (Å²) >= 11 is 0. The maximum atomic E-state index is 2.53. The first-order valence-electron chi connectivity index (χ1n) is 8.10. The molecule has 108 valence electrons. The van der Waals surface area contributed by atoms with Crippen LogP contribution in [0.2, 0.25) is 0 Å². The van der Waals surface area contributed by atoms with Gasteiger partial charge in [0.05, 0.1) is 16.4 Å². The smallest absolute Gasteiger partial charge is 0.192 e. The topological polar surface area (TPSA) is 3.88 Å². The highest BCUT2D eigenvalue weighted by molar-refractivity contribution is 5.94. The Hall–Kier alpha value is -2.15. The lowest BCUT2D eigenvalue weighted by Crippen LogP contribution is -2.52. The van der Waals surface area contributed by atoms with Gasteiger partial charge in [0.1, 0.15) is 0 Å². The van der Waals surface area contributed by atoms with E-state index in [0.29, 0.717) is 0 Å². The molecule has 0 spiro atoms. The standard InChI is InChI=1S/C21H20N/c1-14-8-9-16-15(12-14)10-11-22-19(16)17-6-4-5-7-18(17)20(2)13-21(20,22)3/h4-12H,13H2,1-3H3/q+1. The molecular weight excluding hydrogens is 266 g/mol. The van der Waals surface area contributed by atoms with Gasteiger partial charge in [0.25, 0.3) is 0 Å². The zero-order valence-electron chi connectivity index (χ0n) is 13.4. The van der Waals surface area contributed by atoms with E-state index in [-0.39, 0.29) is 11.0 Å². The summed E-state index contributed by atoms with van der Waals surface area (Å²) < 4.78 is 2.53. The molecule has 3 aromatic rings. The fourth-order valence-corrected chi connectivity index (χ4v) is 4.63. The summed E-state index contributed by atoms with van der Waals surface area (Å²) in [7, 11) is 0. The monoisotopic (exact) mass is 286 g/mol. The molecule has 1 nitrogen and oxygen atoms in total. The lowest BCUT2D eigenvalue weighted by atomic mass is 9.83. The van der Waals surface area contributed by atoms with Crippen molar-refractivity contribution in [3.63, 3.8) is 0 Å². The van der Waals surface area contributed by atoms with Gasteiger partial charge < -0.3 is 0 Å². The van der Waals surface area contributed by atoms with Crippen LogP contribution in [-0.4, -0.2) is 0 Å². The van der Waals surface area contributed by atoms with Gasteiger partial charge in [0, 0.05) is 19.4 Å². The van der Waals surface area contributed by atoms with E-state index in [1.165, 1.54) is 39.6 Å². The molecule has 2 heterocycles. The fraction of sp³-hybridized carbons (Fsp3) is 0.286. The fourth-order valence-electron chi connectivity index (χ4n) is 4.63. The van der Waals surface area contributed by atoms with Crippen LogP contribution >= 0.6 is 0 Å². The molecule has 2 atom stereocenters. The van der Waals surface area contributed by atoms with Gasteiger partial charge in [-0.05, 0) is 36.9 Å². The molecule has 1 heteroatoms. The molecule has 0 amide bonds. The van der Waals surface area contributed by atoms with Crippen LogP contribution in [0.3, 0.4) is 0 Å². The van der Waals surface area contributed by atoms with Crippen molar-refractivity contribution in [2.75, 3.05) is 0 Å². The van der Waals surface area contributed by atoms with Crippen molar-refractivity contribution < 1.29 is 4.57 Å².